The van der Waals surface area contributed by atoms with Crippen LogP contribution in [0.15, 0.2) is 59.6 Å². The van der Waals surface area contributed by atoms with Crippen LogP contribution in [0.2, 0.25) is 0 Å². The van der Waals surface area contributed by atoms with E-state index in [9.17, 15) is 5.11 Å². The third-order valence-corrected chi connectivity index (χ3v) is 6.96. The molecular weight excluding hydrogens is 384 g/mol. The Morgan fingerprint density at radius 1 is 1.00 bits per heavy atom. The van der Waals surface area contributed by atoms with E-state index in [0.29, 0.717) is 0 Å². The molecule has 31 heavy (non-hydrogen) atoms. The molecule has 4 rings (SSSR count). The summed E-state index contributed by atoms with van der Waals surface area (Å²) in [7, 11) is 1.84. The van der Waals surface area contributed by atoms with Gasteiger partial charge in [0.15, 0.2) is 5.96 Å². The van der Waals surface area contributed by atoms with Crippen LogP contribution in [0.5, 0.6) is 0 Å². The lowest BCUT2D eigenvalue weighted by molar-refractivity contribution is 0.0792. The minimum absolute atomic E-state index is 0.111. The number of benzene rings is 2. The SMILES string of the molecule is CN=C(NCc1ccc(CN2CCC(O)CC2)cc1)NCC1(c2ccccc2)CCC1. The van der Waals surface area contributed by atoms with E-state index in [-0.39, 0.29) is 11.5 Å². The molecule has 1 heterocycles. The molecule has 2 fully saturated rings. The molecule has 5 heteroatoms. The molecule has 1 aliphatic carbocycles. The number of likely N-dealkylation sites (tertiary alicyclic amines) is 1. The first-order valence-electron chi connectivity index (χ1n) is 11.7. The van der Waals surface area contributed by atoms with E-state index < -0.39 is 0 Å². The predicted molar refractivity (Wildman–Crippen MR) is 127 cm³/mol. The molecule has 1 saturated carbocycles. The van der Waals surface area contributed by atoms with Crippen molar-refractivity contribution in [2.45, 2.75) is 56.7 Å². The highest BCUT2D eigenvalue weighted by Crippen LogP contribution is 2.43. The van der Waals surface area contributed by atoms with Crippen LogP contribution < -0.4 is 10.6 Å². The highest BCUT2D eigenvalue weighted by Gasteiger charge is 2.38. The number of guanidine groups is 1. The molecule has 5 nitrogen and oxygen atoms in total. The normalized spacial score (nSPS) is 19.6. The number of piperidine rings is 1. The van der Waals surface area contributed by atoms with Crippen molar-refractivity contribution in [2.75, 3.05) is 26.7 Å². The summed E-state index contributed by atoms with van der Waals surface area (Å²) in [6, 6.07) is 19.7. The second-order valence-electron chi connectivity index (χ2n) is 9.10. The van der Waals surface area contributed by atoms with Crippen molar-refractivity contribution in [2.24, 2.45) is 4.99 Å². The van der Waals surface area contributed by atoms with Crippen LogP contribution in [-0.4, -0.2) is 48.8 Å². The van der Waals surface area contributed by atoms with Crippen LogP contribution in [0.25, 0.3) is 0 Å². The number of aliphatic hydroxyl groups is 1. The van der Waals surface area contributed by atoms with E-state index in [1.165, 1.54) is 36.0 Å². The Bertz CT molecular complexity index is 837. The van der Waals surface area contributed by atoms with Crippen molar-refractivity contribution in [3.63, 3.8) is 0 Å². The maximum atomic E-state index is 9.66. The van der Waals surface area contributed by atoms with Gasteiger partial charge in [0.05, 0.1) is 6.10 Å². The molecule has 0 aromatic heterocycles. The van der Waals surface area contributed by atoms with E-state index in [1.807, 2.05) is 7.05 Å². The van der Waals surface area contributed by atoms with Gasteiger partial charge in [0.1, 0.15) is 0 Å². The molecule has 0 unspecified atom stereocenters. The third-order valence-electron chi connectivity index (χ3n) is 6.96. The molecule has 3 N–H and O–H groups in total. The fourth-order valence-corrected chi connectivity index (χ4v) is 4.72. The van der Waals surface area contributed by atoms with Gasteiger partial charge in [-0.05, 0) is 42.4 Å². The molecule has 1 saturated heterocycles. The predicted octanol–water partition coefficient (Wildman–Crippen LogP) is 3.43. The fraction of sp³-hybridized carbons (Fsp3) is 0.500. The van der Waals surface area contributed by atoms with Crippen molar-refractivity contribution in [3.8, 4) is 0 Å². The van der Waals surface area contributed by atoms with Crippen molar-refractivity contribution in [1.82, 2.24) is 15.5 Å². The van der Waals surface area contributed by atoms with Crippen molar-refractivity contribution in [3.05, 3.63) is 71.3 Å². The highest BCUT2D eigenvalue weighted by molar-refractivity contribution is 5.79. The smallest absolute Gasteiger partial charge is 0.191 e. The number of hydrogen-bond donors (Lipinski definition) is 3. The van der Waals surface area contributed by atoms with Gasteiger partial charge in [-0.3, -0.25) is 9.89 Å². The molecule has 0 bridgehead atoms. The van der Waals surface area contributed by atoms with Gasteiger partial charge < -0.3 is 15.7 Å². The Labute approximate surface area is 186 Å². The van der Waals surface area contributed by atoms with Gasteiger partial charge in [-0.25, -0.2) is 0 Å². The van der Waals surface area contributed by atoms with Crippen LogP contribution in [0.3, 0.4) is 0 Å². The van der Waals surface area contributed by atoms with E-state index in [0.717, 1.165) is 51.5 Å². The molecule has 2 aromatic rings. The van der Waals surface area contributed by atoms with Gasteiger partial charge in [0.25, 0.3) is 0 Å². The minimum atomic E-state index is -0.111. The zero-order chi connectivity index (χ0) is 21.5. The number of rotatable bonds is 7. The Kier molecular flexibility index (Phi) is 7.25. The summed E-state index contributed by atoms with van der Waals surface area (Å²) in [6.07, 6.45) is 5.43. The first kappa shape index (κ1) is 21.8. The molecule has 1 aliphatic heterocycles. The van der Waals surface area contributed by atoms with E-state index in [4.69, 9.17) is 0 Å². The number of aliphatic imine (C=N–C) groups is 1. The second-order valence-corrected chi connectivity index (χ2v) is 9.10. The standard InChI is InChI=1S/C26H36N4O/c1-27-25(29-20-26(14-5-15-26)23-6-3-2-4-7-23)28-18-21-8-10-22(11-9-21)19-30-16-12-24(31)13-17-30/h2-4,6-11,24,31H,5,12-20H2,1H3,(H2,27,28,29). The van der Waals surface area contributed by atoms with E-state index in [2.05, 4.69) is 75.1 Å². The van der Waals surface area contributed by atoms with Gasteiger partial charge in [-0.2, -0.15) is 0 Å². The number of nitrogens with zero attached hydrogens (tertiary/aromatic N) is 2. The first-order chi connectivity index (χ1) is 15.2. The topological polar surface area (TPSA) is 59.9 Å². The largest absolute Gasteiger partial charge is 0.393 e. The maximum Gasteiger partial charge on any atom is 0.191 e. The Morgan fingerprint density at radius 3 is 2.29 bits per heavy atom. The molecule has 0 amide bonds. The summed E-state index contributed by atoms with van der Waals surface area (Å²) in [5, 5.41) is 16.7. The van der Waals surface area contributed by atoms with Gasteiger partial charge in [-0.1, -0.05) is 61.0 Å². The Hall–Kier alpha value is -2.37. The highest BCUT2D eigenvalue weighted by atomic mass is 16.3. The Morgan fingerprint density at radius 2 is 1.68 bits per heavy atom. The van der Waals surface area contributed by atoms with Crippen molar-refractivity contribution >= 4 is 5.96 Å². The fourth-order valence-electron chi connectivity index (χ4n) is 4.72. The maximum absolute atomic E-state index is 9.66. The van der Waals surface area contributed by atoms with Crippen LogP contribution in [0.4, 0.5) is 0 Å². The molecule has 0 atom stereocenters. The minimum Gasteiger partial charge on any atom is -0.393 e. The lowest BCUT2D eigenvalue weighted by atomic mass is 9.64. The monoisotopic (exact) mass is 420 g/mol. The van der Waals surface area contributed by atoms with Crippen LogP contribution in [0, 0.1) is 0 Å². The van der Waals surface area contributed by atoms with E-state index >= 15 is 0 Å². The molecule has 0 radical (unpaired) electrons. The summed E-state index contributed by atoms with van der Waals surface area (Å²) >= 11 is 0. The summed E-state index contributed by atoms with van der Waals surface area (Å²) in [4.78, 5) is 6.85. The summed E-state index contributed by atoms with van der Waals surface area (Å²) in [6.45, 7) is 4.60. The zero-order valence-corrected chi connectivity index (χ0v) is 18.7. The van der Waals surface area contributed by atoms with Crippen LogP contribution in [0.1, 0.15) is 48.8 Å². The Balaban J connectivity index is 1.25. The summed E-state index contributed by atoms with van der Waals surface area (Å²) < 4.78 is 0. The number of nitrogens with one attached hydrogen (secondary N) is 2. The van der Waals surface area contributed by atoms with Crippen molar-refractivity contribution in [1.29, 1.82) is 0 Å². The zero-order valence-electron chi connectivity index (χ0n) is 18.7. The van der Waals surface area contributed by atoms with Crippen molar-refractivity contribution < 1.29 is 5.11 Å². The molecule has 2 aromatic carbocycles. The number of aliphatic hydroxyl groups excluding tert-OH is 1. The van der Waals surface area contributed by atoms with Gasteiger partial charge >= 0.3 is 0 Å². The lowest BCUT2D eigenvalue weighted by Crippen LogP contribution is -2.48. The quantitative estimate of drug-likeness (QED) is 0.474. The first-order valence-corrected chi connectivity index (χ1v) is 11.7. The van der Waals surface area contributed by atoms with E-state index in [1.54, 1.807) is 0 Å². The van der Waals surface area contributed by atoms with Crippen LogP contribution >= 0.6 is 0 Å². The average Bonchev–Trinajstić information content (AvgIpc) is 2.78. The molecule has 2 aliphatic rings. The number of hydrogen-bond acceptors (Lipinski definition) is 3. The summed E-state index contributed by atoms with van der Waals surface area (Å²) in [5.41, 5.74) is 4.26. The van der Waals surface area contributed by atoms with Gasteiger partial charge in [0, 0.05) is 45.2 Å². The van der Waals surface area contributed by atoms with Crippen LogP contribution in [-0.2, 0) is 18.5 Å². The molecular formula is C26H36N4O. The third kappa shape index (κ3) is 5.66. The second kappa shape index (κ2) is 10.3. The summed E-state index contributed by atoms with van der Waals surface area (Å²) in [5.74, 6) is 0.859. The van der Waals surface area contributed by atoms with Gasteiger partial charge in [0.2, 0.25) is 0 Å². The van der Waals surface area contributed by atoms with Gasteiger partial charge in [-0.15, -0.1) is 0 Å². The lowest BCUT2D eigenvalue weighted by Gasteiger charge is -2.43. The molecule has 0 spiro atoms. The average molecular weight is 421 g/mol. The molecule has 166 valence electrons.